The van der Waals surface area contributed by atoms with Crippen molar-refractivity contribution < 1.29 is 9.18 Å². The van der Waals surface area contributed by atoms with Gasteiger partial charge in [-0.15, -0.1) is 0 Å². The van der Waals surface area contributed by atoms with Gasteiger partial charge in [0.05, 0.1) is 0 Å². The zero-order chi connectivity index (χ0) is 17.3. The number of likely N-dealkylation sites (N-methyl/N-ethyl adjacent to an activating group) is 1. The van der Waals surface area contributed by atoms with Crippen LogP contribution < -0.4 is 0 Å². The van der Waals surface area contributed by atoms with Gasteiger partial charge in [-0.3, -0.25) is 4.79 Å². The monoisotopic (exact) mass is 326 g/mol. The van der Waals surface area contributed by atoms with Crippen molar-refractivity contribution in [1.82, 2.24) is 9.80 Å². The summed E-state index contributed by atoms with van der Waals surface area (Å²) >= 11 is 0. The highest BCUT2D eigenvalue weighted by molar-refractivity contribution is 5.95. The van der Waals surface area contributed by atoms with Gasteiger partial charge < -0.3 is 9.80 Å². The SMILES string of the molecule is Cc1ccc(F)c(-c2ccc(C(=O)N3CC[C@@H](N(C)C)C3)cc2)c1. The molecule has 1 heterocycles. The van der Waals surface area contributed by atoms with Crippen LogP contribution in [-0.2, 0) is 0 Å². The lowest BCUT2D eigenvalue weighted by molar-refractivity contribution is 0.0783. The quantitative estimate of drug-likeness (QED) is 0.861. The highest BCUT2D eigenvalue weighted by atomic mass is 19.1. The van der Waals surface area contributed by atoms with Gasteiger partial charge in [0, 0.05) is 30.3 Å². The maximum absolute atomic E-state index is 14.0. The van der Waals surface area contributed by atoms with Crippen molar-refractivity contribution in [1.29, 1.82) is 0 Å². The van der Waals surface area contributed by atoms with Crippen LogP contribution >= 0.6 is 0 Å². The molecule has 0 radical (unpaired) electrons. The highest BCUT2D eigenvalue weighted by Crippen LogP contribution is 2.25. The second kappa shape index (κ2) is 6.73. The van der Waals surface area contributed by atoms with Gasteiger partial charge in [0.25, 0.3) is 5.91 Å². The molecule has 1 atom stereocenters. The molecular weight excluding hydrogens is 303 g/mol. The maximum atomic E-state index is 14.0. The van der Waals surface area contributed by atoms with Crippen LogP contribution in [0.15, 0.2) is 42.5 Å². The number of carbonyl (C=O) groups is 1. The van der Waals surface area contributed by atoms with E-state index in [1.165, 1.54) is 6.07 Å². The van der Waals surface area contributed by atoms with Crippen LogP contribution in [0.1, 0.15) is 22.3 Å². The van der Waals surface area contributed by atoms with Crippen LogP contribution in [0.3, 0.4) is 0 Å². The average molecular weight is 326 g/mol. The molecule has 24 heavy (non-hydrogen) atoms. The number of likely N-dealkylation sites (tertiary alicyclic amines) is 1. The van der Waals surface area contributed by atoms with Crippen LogP contribution in [0.2, 0.25) is 0 Å². The minimum atomic E-state index is -0.243. The molecule has 4 heteroatoms. The fourth-order valence-electron chi connectivity index (χ4n) is 3.18. The lowest BCUT2D eigenvalue weighted by Gasteiger charge is -2.20. The van der Waals surface area contributed by atoms with Gasteiger partial charge >= 0.3 is 0 Å². The Morgan fingerprint density at radius 3 is 2.50 bits per heavy atom. The topological polar surface area (TPSA) is 23.6 Å². The molecule has 126 valence electrons. The third kappa shape index (κ3) is 3.34. The molecule has 1 aliphatic rings. The number of amides is 1. The average Bonchev–Trinajstić information content (AvgIpc) is 3.07. The number of aryl methyl sites for hydroxylation is 1. The smallest absolute Gasteiger partial charge is 0.253 e. The Balaban J connectivity index is 1.77. The van der Waals surface area contributed by atoms with E-state index in [0.717, 1.165) is 30.6 Å². The normalized spacial score (nSPS) is 17.5. The van der Waals surface area contributed by atoms with E-state index >= 15 is 0 Å². The molecule has 2 aromatic rings. The molecule has 0 aromatic heterocycles. The number of rotatable bonds is 3. The summed E-state index contributed by atoms with van der Waals surface area (Å²) in [5.41, 5.74) is 3.03. The van der Waals surface area contributed by atoms with Gasteiger partial charge in [0.1, 0.15) is 5.82 Å². The second-order valence-electron chi connectivity index (χ2n) is 6.72. The zero-order valence-corrected chi connectivity index (χ0v) is 14.4. The molecule has 3 rings (SSSR count). The lowest BCUT2D eigenvalue weighted by Crippen LogP contribution is -2.34. The summed E-state index contributed by atoms with van der Waals surface area (Å²) in [6, 6.07) is 12.7. The minimum Gasteiger partial charge on any atom is -0.337 e. The number of nitrogens with zero attached hydrogens (tertiary/aromatic N) is 2. The molecule has 0 saturated carbocycles. The fraction of sp³-hybridized carbons (Fsp3) is 0.350. The molecule has 0 unspecified atom stereocenters. The van der Waals surface area contributed by atoms with Gasteiger partial charge in [-0.05, 0) is 57.3 Å². The molecule has 1 saturated heterocycles. The lowest BCUT2D eigenvalue weighted by atomic mass is 10.0. The first kappa shape index (κ1) is 16.7. The van der Waals surface area contributed by atoms with Crippen molar-refractivity contribution >= 4 is 5.91 Å². The summed E-state index contributed by atoms with van der Waals surface area (Å²) < 4.78 is 14.0. The predicted molar refractivity (Wildman–Crippen MR) is 94.6 cm³/mol. The Morgan fingerprint density at radius 1 is 1.17 bits per heavy atom. The van der Waals surface area contributed by atoms with Gasteiger partial charge in [0.2, 0.25) is 0 Å². The fourth-order valence-corrected chi connectivity index (χ4v) is 3.18. The molecule has 3 nitrogen and oxygen atoms in total. The van der Waals surface area contributed by atoms with Gasteiger partial charge in [-0.25, -0.2) is 4.39 Å². The van der Waals surface area contributed by atoms with E-state index in [0.29, 0.717) is 17.2 Å². The van der Waals surface area contributed by atoms with Gasteiger partial charge in [-0.2, -0.15) is 0 Å². The molecule has 1 fully saturated rings. The van der Waals surface area contributed by atoms with E-state index in [4.69, 9.17) is 0 Å². The first-order valence-corrected chi connectivity index (χ1v) is 8.28. The minimum absolute atomic E-state index is 0.0515. The molecule has 0 aliphatic carbocycles. The largest absolute Gasteiger partial charge is 0.337 e. The Kier molecular flexibility index (Phi) is 4.67. The summed E-state index contributed by atoms with van der Waals surface area (Å²) in [5.74, 6) is -0.191. The Morgan fingerprint density at radius 2 is 1.88 bits per heavy atom. The van der Waals surface area contributed by atoms with E-state index in [9.17, 15) is 9.18 Å². The van der Waals surface area contributed by atoms with Crippen molar-refractivity contribution in [3.8, 4) is 11.1 Å². The van der Waals surface area contributed by atoms with E-state index in [1.54, 1.807) is 18.2 Å². The number of carbonyl (C=O) groups excluding carboxylic acids is 1. The number of benzene rings is 2. The summed E-state index contributed by atoms with van der Waals surface area (Å²) in [6.45, 7) is 3.49. The first-order valence-electron chi connectivity index (χ1n) is 8.28. The third-order valence-corrected chi connectivity index (χ3v) is 4.75. The molecular formula is C20H23FN2O. The molecule has 0 bridgehead atoms. The number of halogens is 1. The molecule has 0 N–H and O–H groups in total. The van der Waals surface area contributed by atoms with E-state index in [-0.39, 0.29) is 11.7 Å². The van der Waals surface area contributed by atoms with Crippen LogP contribution in [0.25, 0.3) is 11.1 Å². The maximum Gasteiger partial charge on any atom is 0.253 e. The summed E-state index contributed by atoms with van der Waals surface area (Å²) in [5, 5.41) is 0. The first-order chi connectivity index (χ1) is 11.5. The number of hydrogen-bond acceptors (Lipinski definition) is 2. The Hall–Kier alpha value is -2.20. The van der Waals surface area contributed by atoms with Gasteiger partial charge in [-0.1, -0.05) is 23.8 Å². The van der Waals surface area contributed by atoms with Crippen molar-refractivity contribution in [2.75, 3.05) is 27.2 Å². The summed E-state index contributed by atoms with van der Waals surface area (Å²) in [7, 11) is 4.09. The molecule has 2 aromatic carbocycles. The molecule has 1 aliphatic heterocycles. The van der Waals surface area contributed by atoms with E-state index in [2.05, 4.69) is 4.90 Å². The van der Waals surface area contributed by atoms with Crippen molar-refractivity contribution in [3.05, 3.63) is 59.4 Å². The van der Waals surface area contributed by atoms with Crippen LogP contribution in [-0.4, -0.2) is 48.9 Å². The van der Waals surface area contributed by atoms with Crippen LogP contribution in [0, 0.1) is 12.7 Å². The van der Waals surface area contributed by atoms with Crippen molar-refractivity contribution in [2.24, 2.45) is 0 Å². The summed E-state index contributed by atoms with van der Waals surface area (Å²) in [6.07, 6.45) is 1.01. The van der Waals surface area contributed by atoms with Crippen LogP contribution in [0.4, 0.5) is 4.39 Å². The number of hydrogen-bond donors (Lipinski definition) is 0. The standard InChI is InChI=1S/C20H23FN2O/c1-14-4-9-19(21)18(12-14)15-5-7-16(8-6-15)20(24)23-11-10-17(13-23)22(2)3/h4-9,12,17H,10-11,13H2,1-3H3/t17-/m1/s1. The van der Waals surface area contributed by atoms with E-state index < -0.39 is 0 Å². The highest BCUT2D eigenvalue weighted by Gasteiger charge is 2.27. The Bertz CT molecular complexity index is 740. The molecule has 1 amide bonds. The third-order valence-electron chi connectivity index (χ3n) is 4.75. The van der Waals surface area contributed by atoms with Crippen molar-refractivity contribution in [3.63, 3.8) is 0 Å². The Labute approximate surface area is 142 Å². The second-order valence-corrected chi connectivity index (χ2v) is 6.72. The van der Waals surface area contributed by atoms with Gasteiger partial charge in [0.15, 0.2) is 0 Å². The van der Waals surface area contributed by atoms with Crippen LogP contribution in [0.5, 0.6) is 0 Å². The van der Waals surface area contributed by atoms with E-state index in [1.807, 2.05) is 44.1 Å². The predicted octanol–water partition coefficient (Wildman–Crippen LogP) is 3.58. The summed E-state index contributed by atoms with van der Waals surface area (Å²) in [4.78, 5) is 16.7. The molecule has 0 spiro atoms. The van der Waals surface area contributed by atoms with Crippen molar-refractivity contribution in [2.45, 2.75) is 19.4 Å². The zero-order valence-electron chi connectivity index (χ0n) is 14.4.